The van der Waals surface area contributed by atoms with Gasteiger partial charge < -0.3 is 14.8 Å². The van der Waals surface area contributed by atoms with Crippen LogP contribution < -0.4 is 5.32 Å². The van der Waals surface area contributed by atoms with Gasteiger partial charge in [0.2, 0.25) is 0 Å². The molecule has 2 N–H and O–H groups in total. The van der Waals surface area contributed by atoms with E-state index in [-0.39, 0.29) is 12.5 Å². The van der Waals surface area contributed by atoms with E-state index in [0.717, 1.165) is 31.6 Å². The first-order chi connectivity index (χ1) is 13.6. The minimum absolute atomic E-state index is 0.213. The summed E-state index contributed by atoms with van der Waals surface area (Å²) in [5.41, 5.74) is 5.01. The normalized spacial score (nSPS) is 15.4. The third kappa shape index (κ3) is 4.08. The predicted octanol–water partition coefficient (Wildman–Crippen LogP) is 2.05. The first-order valence-electron chi connectivity index (χ1n) is 9.85. The van der Waals surface area contributed by atoms with Crippen molar-refractivity contribution in [1.82, 2.24) is 19.6 Å². The monoisotopic (exact) mass is 378 g/mol. The Morgan fingerprint density at radius 1 is 1.21 bits per heavy atom. The van der Waals surface area contributed by atoms with Crippen LogP contribution in [0.1, 0.15) is 34.1 Å². The highest BCUT2D eigenvalue weighted by molar-refractivity contribution is 5.92. The maximum absolute atomic E-state index is 12.4. The Labute approximate surface area is 164 Å². The number of nitrogens with one attached hydrogen (secondary N) is 1. The van der Waals surface area contributed by atoms with Crippen LogP contribution in [0.3, 0.4) is 0 Å². The lowest BCUT2D eigenvalue weighted by atomic mass is 10.00. The third-order valence-electron chi connectivity index (χ3n) is 5.33. The number of benzene rings is 1. The summed E-state index contributed by atoms with van der Waals surface area (Å²) in [5.74, 6) is -0.259. The average Bonchev–Trinajstić information content (AvgIpc) is 3.15. The zero-order valence-corrected chi connectivity index (χ0v) is 16.1. The smallest absolute Gasteiger partial charge is 0.271 e. The lowest BCUT2D eigenvalue weighted by Crippen LogP contribution is -2.42. The highest BCUT2D eigenvalue weighted by Gasteiger charge is 2.19. The average molecular weight is 378 g/mol. The van der Waals surface area contributed by atoms with E-state index in [2.05, 4.69) is 46.4 Å². The molecule has 0 spiro atoms. The largest absolute Gasteiger partial charge is 0.390 e. The number of carbonyl (C=O) groups excluding carboxylic acids is 1. The maximum Gasteiger partial charge on any atom is 0.271 e. The fraction of sp³-hybridized carbons (Fsp3) is 0.364. The maximum atomic E-state index is 12.4. The first-order valence-corrected chi connectivity index (χ1v) is 9.85. The lowest BCUT2D eigenvalue weighted by molar-refractivity contribution is 0.0838. The topological polar surface area (TPSA) is 69.9 Å². The number of aliphatic hydroxyl groups is 1. The summed E-state index contributed by atoms with van der Waals surface area (Å²) in [6, 6.07) is 12.4. The number of fused-ring (bicyclic) bond motifs is 2. The number of rotatable bonds is 6. The summed E-state index contributed by atoms with van der Waals surface area (Å²) in [6.07, 6.45) is 5.04. The van der Waals surface area contributed by atoms with Gasteiger partial charge in [0, 0.05) is 38.6 Å². The molecule has 6 nitrogen and oxygen atoms in total. The van der Waals surface area contributed by atoms with Gasteiger partial charge in [0.05, 0.1) is 6.10 Å². The molecule has 2 aromatic heterocycles. The second-order valence-corrected chi connectivity index (χ2v) is 7.40. The van der Waals surface area contributed by atoms with Gasteiger partial charge in [-0.25, -0.2) is 4.98 Å². The summed E-state index contributed by atoms with van der Waals surface area (Å²) in [6.45, 7) is 4.61. The van der Waals surface area contributed by atoms with E-state index in [0.29, 0.717) is 12.2 Å². The Kier molecular flexibility index (Phi) is 5.41. The number of carbonyl (C=O) groups is 1. The van der Waals surface area contributed by atoms with Gasteiger partial charge in [0.15, 0.2) is 0 Å². The standard InChI is InChI=1S/C22H26N4O2/c1-2-16-7-8-21-24-20(15-26(21)12-16)22(28)23-11-19(27)14-25-10-9-17-5-3-4-6-18(17)13-25/h3-8,12,15,19,27H,2,9-11,13-14H2,1H3,(H,23,28)/t19-/m0/s1. The van der Waals surface area contributed by atoms with Gasteiger partial charge in [-0.1, -0.05) is 37.3 Å². The number of nitrogens with zero attached hydrogens (tertiary/aromatic N) is 3. The fourth-order valence-corrected chi connectivity index (χ4v) is 3.73. The Balaban J connectivity index is 1.31. The van der Waals surface area contributed by atoms with Crippen LogP contribution in [0.15, 0.2) is 48.8 Å². The lowest BCUT2D eigenvalue weighted by Gasteiger charge is -2.30. The van der Waals surface area contributed by atoms with Crippen molar-refractivity contribution < 1.29 is 9.90 Å². The van der Waals surface area contributed by atoms with Gasteiger partial charge in [0.25, 0.3) is 5.91 Å². The number of aromatic nitrogens is 2. The number of hydrogen-bond acceptors (Lipinski definition) is 4. The Morgan fingerprint density at radius 3 is 2.86 bits per heavy atom. The van der Waals surface area contributed by atoms with Crippen molar-refractivity contribution in [2.24, 2.45) is 0 Å². The molecule has 1 amide bonds. The van der Waals surface area contributed by atoms with Crippen LogP contribution in [0.2, 0.25) is 0 Å². The molecule has 0 saturated heterocycles. The summed E-state index contributed by atoms with van der Waals surface area (Å²) in [5, 5.41) is 13.2. The van der Waals surface area contributed by atoms with E-state index in [1.807, 2.05) is 22.7 Å². The number of hydrogen-bond donors (Lipinski definition) is 2. The summed E-state index contributed by atoms with van der Waals surface area (Å²) < 4.78 is 1.87. The molecule has 0 unspecified atom stereocenters. The molecular weight excluding hydrogens is 352 g/mol. The highest BCUT2D eigenvalue weighted by atomic mass is 16.3. The van der Waals surface area contributed by atoms with Gasteiger partial charge in [-0.3, -0.25) is 9.69 Å². The van der Waals surface area contributed by atoms with Gasteiger partial charge >= 0.3 is 0 Å². The van der Waals surface area contributed by atoms with E-state index >= 15 is 0 Å². The van der Waals surface area contributed by atoms with Crippen LogP contribution in [0.4, 0.5) is 0 Å². The van der Waals surface area contributed by atoms with Crippen LogP contribution in [0.25, 0.3) is 5.65 Å². The van der Waals surface area contributed by atoms with E-state index in [9.17, 15) is 9.90 Å². The summed E-state index contributed by atoms with van der Waals surface area (Å²) >= 11 is 0. The van der Waals surface area contributed by atoms with Crippen molar-refractivity contribution in [3.63, 3.8) is 0 Å². The molecule has 1 atom stereocenters. The van der Waals surface area contributed by atoms with E-state index in [1.54, 1.807) is 6.20 Å². The third-order valence-corrected chi connectivity index (χ3v) is 5.33. The molecule has 4 rings (SSSR count). The van der Waals surface area contributed by atoms with Crippen molar-refractivity contribution in [1.29, 1.82) is 0 Å². The Bertz CT molecular complexity index is 982. The number of pyridine rings is 1. The number of aliphatic hydroxyl groups excluding tert-OH is 1. The molecule has 1 aliphatic heterocycles. The van der Waals surface area contributed by atoms with E-state index in [4.69, 9.17) is 0 Å². The van der Waals surface area contributed by atoms with Crippen molar-refractivity contribution in [3.8, 4) is 0 Å². The second-order valence-electron chi connectivity index (χ2n) is 7.40. The van der Waals surface area contributed by atoms with Crippen LogP contribution in [0, 0.1) is 0 Å². The Morgan fingerprint density at radius 2 is 2.04 bits per heavy atom. The summed E-state index contributed by atoms with van der Waals surface area (Å²) in [7, 11) is 0. The van der Waals surface area contributed by atoms with Crippen LogP contribution in [-0.4, -0.2) is 51.0 Å². The Hall–Kier alpha value is -2.70. The zero-order chi connectivity index (χ0) is 19.5. The molecule has 3 heterocycles. The number of imidazole rings is 1. The molecule has 3 aromatic rings. The minimum atomic E-state index is -0.613. The second kappa shape index (κ2) is 8.12. The van der Waals surface area contributed by atoms with Gasteiger partial charge in [-0.15, -0.1) is 0 Å². The SMILES string of the molecule is CCc1ccc2nc(C(=O)NC[C@H](O)CN3CCc4ccccc4C3)cn2c1. The molecule has 146 valence electrons. The van der Waals surface area contributed by atoms with Gasteiger partial charge in [0.1, 0.15) is 11.3 Å². The molecular formula is C22H26N4O2. The van der Waals surface area contributed by atoms with E-state index in [1.165, 1.54) is 16.7 Å². The molecule has 0 bridgehead atoms. The van der Waals surface area contributed by atoms with Gasteiger partial charge in [-0.2, -0.15) is 0 Å². The number of β-amino-alcohol motifs (C(OH)–C–C–N with tert-alkyl or cyclic N) is 1. The minimum Gasteiger partial charge on any atom is -0.390 e. The van der Waals surface area contributed by atoms with Crippen molar-refractivity contribution in [3.05, 3.63) is 71.2 Å². The zero-order valence-electron chi connectivity index (χ0n) is 16.1. The molecule has 1 aromatic carbocycles. The quantitative estimate of drug-likeness (QED) is 0.689. The van der Waals surface area contributed by atoms with Crippen LogP contribution in [-0.2, 0) is 19.4 Å². The van der Waals surface area contributed by atoms with E-state index < -0.39 is 6.10 Å². The first kappa shape index (κ1) is 18.7. The van der Waals surface area contributed by atoms with Crippen LogP contribution in [0.5, 0.6) is 0 Å². The number of aryl methyl sites for hydroxylation is 1. The molecule has 0 aliphatic carbocycles. The molecule has 0 radical (unpaired) electrons. The molecule has 0 fully saturated rings. The van der Waals surface area contributed by atoms with Crippen LogP contribution >= 0.6 is 0 Å². The van der Waals surface area contributed by atoms with Crippen molar-refractivity contribution in [2.45, 2.75) is 32.4 Å². The van der Waals surface area contributed by atoms with Gasteiger partial charge in [-0.05, 0) is 35.6 Å². The van der Waals surface area contributed by atoms with Crippen molar-refractivity contribution in [2.75, 3.05) is 19.6 Å². The number of amides is 1. The molecule has 28 heavy (non-hydrogen) atoms. The molecule has 0 saturated carbocycles. The molecule has 6 heteroatoms. The fourth-order valence-electron chi connectivity index (χ4n) is 3.73. The summed E-state index contributed by atoms with van der Waals surface area (Å²) in [4.78, 5) is 19.0. The molecule has 1 aliphatic rings. The van der Waals surface area contributed by atoms with Crippen molar-refractivity contribution >= 4 is 11.6 Å². The highest BCUT2D eigenvalue weighted by Crippen LogP contribution is 2.18. The predicted molar refractivity (Wildman–Crippen MR) is 108 cm³/mol.